The fourth-order valence-electron chi connectivity index (χ4n) is 3.51. The van der Waals surface area contributed by atoms with E-state index in [0.717, 1.165) is 37.6 Å². The van der Waals surface area contributed by atoms with Crippen LogP contribution in [0.5, 0.6) is 0 Å². The van der Waals surface area contributed by atoms with Crippen molar-refractivity contribution in [3.8, 4) is 0 Å². The van der Waals surface area contributed by atoms with Crippen LogP contribution in [-0.4, -0.2) is 51.7 Å². The van der Waals surface area contributed by atoms with Gasteiger partial charge in [0.2, 0.25) is 0 Å². The highest BCUT2D eigenvalue weighted by Gasteiger charge is 2.29. The van der Waals surface area contributed by atoms with Crippen LogP contribution in [0.25, 0.3) is 0 Å². The molecule has 2 aromatic rings. The van der Waals surface area contributed by atoms with Gasteiger partial charge < -0.3 is 19.9 Å². The molecule has 6 nitrogen and oxygen atoms in total. The second-order valence-electron chi connectivity index (χ2n) is 7.05. The van der Waals surface area contributed by atoms with Gasteiger partial charge in [0.25, 0.3) is 0 Å². The molecule has 0 amide bonds. The molecule has 2 N–H and O–H groups in total. The first-order valence-electron chi connectivity index (χ1n) is 9.52. The van der Waals surface area contributed by atoms with Crippen molar-refractivity contribution in [3.63, 3.8) is 0 Å². The summed E-state index contributed by atoms with van der Waals surface area (Å²) >= 11 is 6.03. The molecule has 27 heavy (non-hydrogen) atoms. The maximum absolute atomic E-state index is 10.5. The number of hydrogen-bond donors (Lipinski definition) is 2. The highest BCUT2D eigenvalue weighted by molar-refractivity contribution is 6.30. The Balaban J connectivity index is 1.71. The minimum atomic E-state index is -0.675. The van der Waals surface area contributed by atoms with Crippen molar-refractivity contribution in [2.45, 2.75) is 32.4 Å². The standard InChI is InChI=1S/C20H28ClN5O/c1-3-23-20(24-12-19(27)16-5-4-6-17(21)11-16)25-9-7-15(2)18(13-25)26-10-8-22-14-26/h4-6,8,10-11,14-15,18-19,27H,3,7,9,12-13H2,1-2H3,(H,23,24). The Bertz CT molecular complexity index is 749. The Morgan fingerprint density at radius 2 is 2.33 bits per heavy atom. The van der Waals surface area contributed by atoms with Crippen molar-refractivity contribution in [2.24, 2.45) is 10.9 Å². The quantitative estimate of drug-likeness (QED) is 0.609. The van der Waals surface area contributed by atoms with Gasteiger partial charge in [-0.2, -0.15) is 0 Å². The zero-order chi connectivity index (χ0) is 19.2. The van der Waals surface area contributed by atoms with E-state index >= 15 is 0 Å². The number of aliphatic hydroxyl groups is 1. The normalized spacial score (nSPS) is 21.9. The molecule has 3 atom stereocenters. The average molecular weight is 390 g/mol. The lowest BCUT2D eigenvalue weighted by Crippen LogP contribution is -2.49. The second kappa shape index (κ2) is 9.24. The third-order valence-electron chi connectivity index (χ3n) is 5.11. The molecular formula is C20H28ClN5O. The first-order valence-corrected chi connectivity index (χ1v) is 9.90. The fraction of sp³-hybridized carbons (Fsp3) is 0.500. The molecule has 146 valence electrons. The van der Waals surface area contributed by atoms with Gasteiger partial charge in [-0.15, -0.1) is 0 Å². The van der Waals surface area contributed by atoms with E-state index < -0.39 is 6.10 Å². The average Bonchev–Trinajstić information content (AvgIpc) is 3.20. The largest absolute Gasteiger partial charge is 0.386 e. The Kier molecular flexibility index (Phi) is 6.74. The first kappa shape index (κ1) is 19.7. The number of aromatic nitrogens is 2. The Morgan fingerprint density at radius 1 is 1.48 bits per heavy atom. The third-order valence-corrected chi connectivity index (χ3v) is 5.34. The lowest BCUT2D eigenvalue weighted by molar-refractivity contribution is 0.179. The van der Waals surface area contributed by atoms with Gasteiger partial charge in [0.05, 0.1) is 25.0 Å². The summed E-state index contributed by atoms with van der Waals surface area (Å²) in [6.07, 6.45) is 6.15. The van der Waals surface area contributed by atoms with Crippen molar-refractivity contribution in [2.75, 3.05) is 26.2 Å². The van der Waals surface area contributed by atoms with Crippen LogP contribution < -0.4 is 5.32 Å². The van der Waals surface area contributed by atoms with Gasteiger partial charge in [0, 0.05) is 37.1 Å². The zero-order valence-corrected chi connectivity index (χ0v) is 16.7. The molecule has 0 saturated carbocycles. The number of halogens is 1. The number of guanidine groups is 1. The molecule has 0 aliphatic carbocycles. The van der Waals surface area contributed by atoms with Gasteiger partial charge in [-0.05, 0) is 37.0 Å². The molecule has 3 unspecified atom stereocenters. The second-order valence-corrected chi connectivity index (χ2v) is 7.49. The molecule has 2 heterocycles. The van der Waals surface area contributed by atoms with Crippen molar-refractivity contribution in [1.29, 1.82) is 0 Å². The van der Waals surface area contributed by atoms with Gasteiger partial charge in [-0.3, -0.25) is 4.99 Å². The maximum Gasteiger partial charge on any atom is 0.194 e. The van der Waals surface area contributed by atoms with Crippen molar-refractivity contribution < 1.29 is 5.11 Å². The zero-order valence-electron chi connectivity index (χ0n) is 15.9. The smallest absolute Gasteiger partial charge is 0.194 e. The SMILES string of the molecule is CCNC(=NCC(O)c1cccc(Cl)c1)N1CCC(C)C(n2ccnc2)C1. The predicted molar refractivity (Wildman–Crippen MR) is 109 cm³/mol. The summed E-state index contributed by atoms with van der Waals surface area (Å²) in [5, 5.41) is 14.5. The van der Waals surface area contributed by atoms with Crippen molar-refractivity contribution >= 4 is 17.6 Å². The Hall–Kier alpha value is -2.05. The molecule has 1 aromatic carbocycles. The minimum Gasteiger partial charge on any atom is -0.386 e. The van der Waals surface area contributed by atoms with Gasteiger partial charge in [0.15, 0.2) is 5.96 Å². The van der Waals surface area contributed by atoms with Crippen molar-refractivity contribution in [1.82, 2.24) is 19.8 Å². The molecule has 1 aliphatic rings. The van der Waals surface area contributed by atoms with Crippen LogP contribution in [0.15, 0.2) is 48.0 Å². The topological polar surface area (TPSA) is 65.7 Å². The van der Waals surface area contributed by atoms with Crippen LogP contribution in [0.1, 0.15) is 38.0 Å². The number of hydrogen-bond acceptors (Lipinski definition) is 3. The highest BCUT2D eigenvalue weighted by atomic mass is 35.5. The summed E-state index contributed by atoms with van der Waals surface area (Å²) in [5.41, 5.74) is 0.783. The molecule has 7 heteroatoms. The number of imidazole rings is 1. The van der Waals surface area contributed by atoms with Crippen molar-refractivity contribution in [3.05, 3.63) is 53.6 Å². The van der Waals surface area contributed by atoms with E-state index in [1.54, 1.807) is 12.1 Å². The third kappa shape index (κ3) is 5.02. The number of rotatable bonds is 5. The molecular weight excluding hydrogens is 362 g/mol. The van der Waals surface area contributed by atoms with Crippen LogP contribution in [0, 0.1) is 5.92 Å². The molecule has 1 fully saturated rings. The first-order chi connectivity index (χ1) is 13.1. The van der Waals surface area contributed by atoms with Crippen LogP contribution in [0.3, 0.4) is 0 Å². The predicted octanol–water partition coefficient (Wildman–Crippen LogP) is 3.12. The fourth-order valence-corrected chi connectivity index (χ4v) is 3.71. The number of benzene rings is 1. The number of aliphatic imine (C=N–C) groups is 1. The van der Waals surface area contributed by atoms with Crippen LogP contribution in [-0.2, 0) is 0 Å². The summed E-state index contributed by atoms with van der Waals surface area (Å²) in [6, 6.07) is 7.67. The summed E-state index contributed by atoms with van der Waals surface area (Å²) in [7, 11) is 0. The van der Waals surface area contributed by atoms with E-state index in [4.69, 9.17) is 16.6 Å². The molecule has 0 spiro atoms. The van der Waals surface area contributed by atoms with Gasteiger partial charge in [0.1, 0.15) is 0 Å². The maximum atomic E-state index is 10.5. The lowest BCUT2D eigenvalue weighted by Gasteiger charge is -2.39. The number of nitrogens with zero attached hydrogens (tertiary/aromatic N) is 4. The minimum absolute atomic E-state index is 0.296. The highest BCUT2D eigenvalue weighted by Crippen LogP contribution is 2.27. The van der Waals surface area contributed by atoms with E-state index in [1.165, 1.54) is 0 Å². The molecule has 1 saturated heterocycles. The van der Waals surface area contributed by atoms with Gasteiger partial charge in [-0.1, -0.05) is 30.7 Å². The van der Waals surface area contributed by atoms with Crippen LogP contribution in [0.4, 0.5) is 0 Å². The Morgan fingerprint density at radius 3 is 3.04 bits per heavy atom. The number of likely N-dealkylation sites (tertiary alicyclic amines) is 1. The molecule has 3 rings (SSSR count). The monoisotopic (exact) mass is 389 g/mol. The molecule has 1 aliphatic heterocycles. The van der Waals surface area contributed by atoms with Gasteiger partial charge >= 0.3 is 0 Å². The van der Waals surface area contributed by atoms with E-state index in [-0.39, 0.29) is 0 Å². The summed E-state index contributed by atoms with van der Waals surface area (Å²) in [5.74, 6) is 1.42. The molecule has 0 radical (unpaired) electrons. The summed E-state index contributed by atoms with van der Waals surface area (Å²) < 4.78 is 2.18. The van der Waals surface area contributed by atoms with E-state index in [0.29, 0.717) is 23.5 Å². The van der Waals surface area contributed by atoms with Crippen LogP contribution >= 0.6 is 11.6 Å². The van der Waals surface area contributed by atoms with Crippen LogP contribution in [0.2, 0.25) is 5.02 Å². The molecule has 1 aromatic heterocycles. The van der Waals surface area contributed by atoms with E-state index in [1.807, 2.05) is 30.9 Å². The lowest BCUT2D eigenvalue weighted by atomic mass is 9.93. The molecule has 0 bridgehead atoms. The summed E-state index contributed by atoms with van der Waals surface area (Å²) in [4.78, 5) is 11.2. The number of nitrogens with one attached hydrogen (secondary N) is 1. The number of piperidine rings is 1. The van der Waals surface area contributed by atoms with E-state index in [9.17, 15) is 5.11 Å². The van der Waals surface area contributed by atoms with Gasteiger partial charge in [-0.25, -0.2) is 4.98 Å². The Labute approximate surface area is 165 Å². The number of aliphatic hydroxyl groups excluding tert-OH is 1. The summed E-state index contributed by atoms with van der Waals surface area (Å²) in [6.45, 7) is 7.25. The van der Waals surface area contributed by atoms with E-state index in [2.05, 4.69) is 33.6 Å².